The Labute approximate surface area is 185 Å². The number of rotatable bonds is 7. The fourth-order valence-corrected chi connectivity index (χ4v) is 3.31. The van der Waals surface area contributed by atoms with Crippen LogP contribution in [0.15, 0.2) is 59.4 Å². The first-order valence-corrected chi connectivity index (χ1v) is 10.3. The molecule has 4 rings (SSSR count). The molecule has 1 aliphatic rings. The largest absolute Gasteiger partial charge is 0.484 e. The van der Waals surface area contributed by atoms with E-state index in [1.165, 1.54) is 0 Å². The van der Waals surface area contributed by atoms with Crippen LogP contribution in [0.25, 0.3) is 11.3 Å². The number of benzene rings is 1. The lowest BCUT2D eigenvalue weighted by Gasteiger charge is -2.26. The standard InChI is InChI=1S/C23H24N4O5/c1-26(15-20-13-21(25-32-20)18-3-2-8-24-14-18)23(29)17-4-6-19(7-5-17)31-16-22(28)27-9-11-30-12-10-27/h2-8,13-14H,9-12,15-16H2,1H3. The van der Waals surface area contributed by atoms with Crippen molar-refractivity contribution >= 4 is 11.8 Å². The minimum atomic E-state index is -0.166. The zero-order valence-electron chi connectivity index (χ0n) is 17.8. The number of aromatic nitrogens is 2. The van der Waals surface area contributed by atoms with Crippen molar-refractivity contribution in [2.75, 3.05) is 40.0 Å². The Bertz CT molecular complexity index is 1050. The molecule has 1 aliphatic heterocycles. The zero-order valence-corrected chi connectivity index (χ0v) is 17.8. The summed E-state index contributed by atoms with van der Waals surface area (Å²) in [4.78, 5) is 32.3. The highest BCUT2D eigenvalue weighted by molar-refractivity contribution is 5.94. The highest BCUT2D eigenvalue weighted by atomic mass is 16.5. The number of ether oxygens (including phenoxy) is 2. The maximum absolute atomic E-state index is 12.8. The number of carbonyl (C=O) groups is 2. The summed E-state index contributed by atoms with van der Waals surface area (Å²) in [6, 6.07) is 12.2. The normalized spacial score (nSPS) is 13.6. The quantitative estimate of drug-likeness (QED) is 0.560. The highest BCUT2D eigenvalue weighted by Crippen LogP contribution is 2.19. The Balaban J connectivity index is 1.30. The van der Waals surface area contributed by atoms with Crippen LogP contribution in [0.3, 0.4) is 0 Å². The van der Waals surface area contributed by atoms with Gasteiger partial charge in [0.05, 0.1) is 19.8 Å². The number of nitrogens with zero attached hydrogens (tertiary/aromatic N) is 4. The molecule has 0 saturated carbocycles. The predicted octanol–water partition coefficient (Wildman–Crippen LogP) is 2.25. The molecule has 0 N–H and O–H groups in total. The van der Waals surface area contributed by atoms with Crippen molar-refractivity contribution in [3.8, 4) is 17.0 Å². The summed E-state index contributed by atoms with van der Waals surface area (Å²) < 4.78 is 16.2. The molecule has 1 saturated heterocycles. The molecule has 0 bridgehead atoms. The Morgan fingerprint density at radius 2 is 1.94 bits per heavy atom. The van der Waals surface area contributed by atoms with E-state index in [0.29, 0.717) is 49.1 Å². The van der Waals surface area contributed by atoms with Gasteiger partial charge in [0.25, 0.3) is 11.8 Å². The van der Waals surface area contributed by atoms with E-state index in [-0.39, 0.29) is 25.0 Å². The molecule has 0 atom stereocenters. The second kappa shape index (κ2) is 10.1. The van der Waals surface area contributed by atoms with E-state index in [4.69, 9.17) is 14.0 Å². The minimum Gasteiger partial charge on any atom is -0.484 e. The number of morpholine rings is 1. The SMILES string of the molecule is CN(Cc1cc(-c2cccnc2)no1)C(=O)c1ccc(OCC(=O)N2CCOCC2)cc1. The molecule has 1 aromatic carbocycles. The molecule has 3 aromatic rings. The van der Waals surface area contributed by atoms with Crippen LogP contribution < -0.4 is 4.74 Å². The molecule has 3 heterocycles. The van der Waals surface area contributed by atoms with E-state index in [1.807, 2.05) is 12.1 Å². The summed E-state index contributed by atoms with van der Waals surface area (Å²) in [6.07, 6.45) is 3.39. The second-order valence-electron chi connectivity index (χ2n) is 7.39. The third-order valence-electron chi connectivity index (χ3n) is 5.08. The molecule has 9 heteroatoms. The fourth-order valence-electron chi connectivity index (χ4n) is 3.31. The number of hydrogen-bond donors (Lipinski definition) is 0. The first-order valence-electron chi connectivity index (χ1n) is 10.3. The van der Waals surface area contributed by atoms with Crippen LogP contribution in [0.1, 0.15) is 16.1 Å². The molecule has 2 amide bonds. The lowest BCUT2D eigenvalue weighted by molar-refractivity contribution is -0.137. The van der Waals surface area contributed by atoms with Gasteiger partial charge in [0, 0.05) is 49.7 Å². The van der Waals surface area contributed by atoms with Gasteiger partial charge in [0.1, 0.15) is 11.4 Å². The number of pyridine rings is 1. The van der Waals surface area contributed by atoms with Crippen molar-refractivity contribution in [2.45, 2.75) is 6.54 Å². The van der Waals surface area contributed by atoms with Gasteiger partial charge in [0.2, 0.25) is 0 Å². The van der Waals surface area contributed by atoms with Gasteiger partial charge in [0.15, 0.2) is 12.4 Å². The topological polar surface area (TPSA) is 98.0 Å². The van der Waals surface area contributed by atoms with Gasteiger partial charge in [-0.1, -0.05) is 5.16 Å². The van der Waals surface area contributed by atoms with Gasteiger partial charge < -0.3 is 23.8 Å². The number of hydrogen-bond acceptors (Lipinski definition) is 7. The third-order valence-corrected chi connectivity index (χ3v) is 5.08. The summed E-state index contributed by atoms with van der Waals surface area (Å²) in [5.74, 6) is 0.856. The van der Waals surface area contributed by atoms with Crippen LogP contribution in [-0.4, -0.2) is 71.7 Å². The van der Waals surface area contributed by atoms with Crippen molar-refractivity contribution in [2.24, 2.45) is 0 Å². The van der Waals surface area contributed by atoms with E-state index in [9.17, 15) is 9.59 Å². The lowest BCUT2D eigenvalue weighted by Crippen LogP contribution is -2.42. The molecule has 32 heavy (non-hydrogen) atoms. The van der Waals surface area contributed by atoms with Crippen LogP contribution in [0.5, 0.6) is 5.75 Å². The molecule has 2 aromatic heterocycles. The summed E-state index contributed by atoms with van der Waals surface area (Å²) in [5, 5.41) is 4.04. The molecule has 1 fully saturated rings. The average molecular weight is 436 g/mol. The van der Waals surface area contributed by atoms with Crippen LogP contribution in [-0.2, 0) is 16.1 Å². The minimum absolute atomic E-state index is 0.0437. The summed E-state index contributed by atoms with van der Waals surface area (Å²) in [5.41, 5.74) is 2.02. The Morgan fingerprint density at radius 1 is 1.16 bits per heavy atom. The van der Waals surface area contributed by atoms with Gasteiger partial charge >= 0.3 is 0 Å². The molecule has 0 aliphatic carbocycles. The fraction of sp³-hybridized carbons (Fsp3) is 0.304. The summed E-state index contributed by atoms with van der Waals surface area (Å²) in [7, 11) is 1.69. The molecule has 0 unspecified atom stereocenters. The first kappa shape index (κ1) is 21.5. The Kier molecular flexibility index (Phi) is 6.76. The number of amides is 2. The monoisotopic (exact) mass is 436 g/mol. The van der Waals surface area contributed by atoms with Gasteiger partial charge in [-0.15, -0.1) is 0 Å². The van der Waals surface area contributed by atoms with Crippen molar-refractivity contribution in [3.05, 3.63) is 66.2 Å². The molecule has 166 valence electrons. The van der Waals surface area contributed by atoms with Crippen LogP contribution >= 0.6 is 0 Å². The van der Waals surface area contributed by atoms with Crippen molar-refractivity contribution in [1.29, 1.82) is 0 Å². The summed E-state index contributed by atoms with van der Waals surface area (Å²) in [6.45, 7) is 2.49. The molecular weight excluding hydrogens is 412 g/mol. The van der Waals surface area contributed by atoms with E-state index in [1.54, 1.807) is 59.6 Å². The van der Waals surface area contributed by atoms with E-state index >= 15 is 0 Å². The Hall–Kier alpha value is -3.72. The first-order chi connectivity index (χ1) is 15.6. The van der Waals surface area contributed by atoms with Gasteiger partial charge in [-0.3, -0.25) is 14.6 Å². The van der Waals surface area contributed by atoms with Crippen molar-refractivity contribution in [3.63, 3.8) is 0 Å². The smallest absolute Gasteiger partial charge is 0.260 e. The predicted molar refractivity (Wildman–Crippen MR) is 115 cm³/mol. The van der Waals surface area contributed by atoms with Gasteiger partial charge in [-0.05, 0) is 36.4 Å². The molecule has 0 spiro atoms. The molecule has 9 nitrogen and oxygen atoms in total. The van der Waals surface area contributed by atoms with Crippen molar-refractivity contribution < 1.29 is 23.6 Å². The highest BCUT2D eigenvalue weighted by Gasteiger charge is 2.18. The van der Waals surface area contributed by atoms with Gasteiger partial charge in [-0.25, -0.2) is 0 Å². The lowest BCUT2D eigenvalue weighted by atomic mass is 10.2. The van der Waals surface area contributed by atoms with Crippen molar-refractivity contribution in [1.82, 2.24) is 19.9 Å². The maximum atomic E-state index is 12.8. The average Bonchev–Trinajstić information content (AvgIpc) is 3.32. The van der Waals surface area contributed by atoms with Crippen LogP contribution in [0.2, 0.25) is 0 Å². The van der Waals surface area contributed by atoms with Crippen LogP contribution in [0, 0.1) is 0 Å². The van der Waals surface area contributed by atoms with Crippen LogP contribution in [0.4, 0.5) is 0 Å². The maximum Gasteiger partial charge on any atom is 0.260 e. The second-order valence-corrected chi connectivity index (χ2v) is 7.39. The van der Waals surface area contributed by atoms with E-state index in [0.717, 1.165) is 5.56 Å². The van der Waals surface area contributed by atoms with E-state index < -0.39 is 0 Å². The number of carbonyl (C=O) groups excluding carboxylic acids is 2. The third kappa shape index (κ3) is 5.30. The van der Waals surface area contributed by atoms with Gasteiger partial charge in [-0.2, -0.15) is 0 Å². The summed E-state index contributed by atoms with van der Waals surface area (Å²) >= 11 is 0. The Morgan fingerprint density at radius 3 is 2.66 bits per heavy atom. The van der Waals surface area contributed by atoms with E-state index in [2.05, 4.69) is 10.1 Å². The molecular formula is C23H24N4O5. The zero-order chi connectivity index (χ0) is 22.3. The molecule has 0 radical (unpaired) electrons.